The summed E-state index contributed by atoms with van der Waals surface area (Å²) in [4.78, 5) is 13.8. The topological polar surface area (TPSA) is 55.6 Å². The molecule has 122 valence electrons. The Kier molecular flexibility index (Phi) is 4.65. The first-order valence-electron chi connectivity index (χ1n) is 7.01. The zero-order chi connectivity index (χ0) is 16.5. The summed E-state index contributed by atoms with van der Waals surface area (Å²) in [7, 11) is 3.24. The van der Waals surface area contributed by atoms with Gasteiger partial charge in [-0.15, -0.1) is 0 Å². The van der Waals surface area contributed by atoms with Crippen LogP contribution in [0.25, 0.3) is 0 Å². The van der Waals surface area contributed by atoms with Crippen LogP contribution in [0.5, 0.6) is 5.75 Å². The van der Waals surface area contributed by atoms with Gasteiger partial charge in [-0.1, -0.05) is 0 Å². The SMILES string of the molecule is COc1cc(C(F)(F)F)cc(C(N)=O)c1C1CCCN(C)C1. The van der Waals surface area contributed by atoms with E-state index >= 15 is 0 Å². The number of carbonyl (C=O) groups is 1. The molecule has 0 bridgehead atoms. The number of nitrogens with two attached hydrogens (primary N) is 1. The van der Waals surface area contributed by atoms with E-state index < -0.39 is 17.6 Å². The van der Waals surface area contributed by atoms with Crippen molar-refractivity contribution in [2.45, 2.75) is 24.9 Å². The van der Waals surface area contributed by atoms with Crippen molar-refractivity contribution in [2.75, 3.05) is 27.2 Å². The highest BCUT2D eigenvalue weighted by molar-refractivity contribution is 5.95. The van der Waals surface area contributed by atoms with Gasteiger partial charge < -0.3 is 15.4 Å². The molecule has 1 amide bonds. The van der Waals surface area contributed by atoms with E-state index in [1.165, 1.54) is 7.11 Å². The molecule has 7 heteroatoms. The molecule has 2 rings (SSSR count). The highest BCUT2D eigenvalue weighted by Gasteiger charge is 2.35. The van der Waals surface area contributed by atoms with Gasteiger partial charge in [0, 0.05) is 23.6 Å². The largest absolute Gasteiger partial charge is 0.496 e. The molecule has 1 heterocycles. The first-order valence-corrected chi connectivity index (χ1v) is 7.01. The number of nitrogens with zero attached hydrogens (tertiary/aromatic N) is 1. The Bertz CT molecular complexity index is 573. The molecule has 1 unspecified atom stereocenters. The molecule has 1 aromatic rings. The summed E-state index contributed by atoms with van der Waals surface area (Å²) in [6.45, 7) is 1.58. The Morgan fingerprint density at radius 1 is 1.41 bits per heavy atom. The third-order valence-corrected chi connectivity index (χ3v) is 3.99. The number of likely N-dealkylation sites (N-methyl/N-ethyl adjacent to an activating group) is 1. The van der Waals surface area contributed by atoms with Gasteiger partial charge in [-0.05, 0) is 38.6 Å². The number of amides is 1. The second kappa shape index (κ2) is 6.16. The van der Waals surface area contributed by atoms with Gasteiger partial charge in [0.2, 0.25) is 5.91 Å². The van der Waals surface area contributed by atoms with Crippen LogP contribution in [0.3, 0.4) is 0 Å². The minimum atomic E-state index is -4.56. The number of benzene rings is 1. The van der Waals surface area contributed by atoms with E-state index in [4.69, 9.17) is 10.5 Å². The summed E-state index contributed by atoms with van der Waals surface area (Å²) in [5.74, 6) is -0.866. The summed E-state index contributed by atoms with van der Waals surface area (Å²) in [5, 5.41) is 0. The lowest BCUT2D eigenvalue weighted by Crippen LogP contribution is -2.32. The standard InChI is InChI=1S/C15H19F3N2O2/c1-20-5-3-4-9(8-20)13-11(14(19)21)6-10(15(16,17)18)7-12(13)22-2/h6-7,9H,3-5,8H2,1-2H3,(H2,19,21). The highest BCUT2D eigenvalue weighted by atomic mass is 19.4. The van der Waals surface area contributed by atoms with Crippen molar-refractivity contribution in [3.63, 3.8) is 0 Å². The van der Waals surface area contributed by atoms with Gasteiger partial charge in [0.1, 0.15) is 5.75 Å². The Morgan fingerprint density at radius 3 is 2.59 bits per heavy atom. The maximum absolute atomic E-state index is 13.0. The van der Waals surface area contributed by atoms with Crippen molar-refractivity contribution in [3.8, 4) is 5.75 Å². The van der Waals surface area contributed by atoms with E-state index in [0.717, 1.165) is 31.5 Å². The molecule has 1 saturated heterocycles. The molecule has 0 aromatic heterocycles. The fourth-order valence-corrected chi connectivity index (χ4v) is 2.99. The predicted octanol–water partition coefficient (Wildman–Crippen LogP) is 2.62. The molecule has 1 atom stereocenters. The molecular weight excluding hydrogens is 297 g/mol. The number of halogens is 3. The van der Waals surface area contributed by atoms with Crippen LogP contribution >= 0.6 is 0 Å². The van der Waals surface area contributed by atoms with E-state index in [2.05, 4.69) is 4.90 Å². The fraction of sp³-hybridized carbons (Fsp3) is 0.533. The van der Waals surface area contributed by atoms with Crippen molar-refractivity contribution < 1.29 is 22.7 Å². The molecule has 0 spiro atoms. The average Bonchev–Trinajstić information content (AvgIpc) is 2.44. The molecule has 4 nitrogen and oxygen atoms in total. The third kappa shape index (κ3) is 3.35. The molecule has 1 aliphatic rings. The molecule has 22 heavy (non-hydrogen) atoms. The Hall–Kier alpha value is -1.76. The van der Waals surface area contributed by atoms with Crippen LogP contribution in [0.4, 0.5) is 13.2 Å². The summed E-state index contributed by atoms with van der Waals surface area (Å²) in [5.41, 5.74) is 4.77. The third-order valence-electron chi connectivity index (χ3n) is 3.99. The average molecular weight is 316 g/mol. The van der Waals surface area contributed by atoms with Gasteiger partial charge in [-0.2, -0.15) is 13.2 Å². The second-order valence-corrected chi connectivity index (χ2v) is 5.60. The van der Waals surface area contributed by atoms with E-state index in [0.29, 0.717) is 12.1 Å². The molecule has 1 fully saturated rings. The van der Waals surface area contributed by atoms with E-state index in [-0.39, 0.29) is 17.2 Å². The maximum atomic E-state index is 13.0. The first-order chi connectivity index (χ1) is 10.2. The zero-order valence-electron chi connectivity index (χ0n) is 12.5. The quantitative estimate of drug-likeness (QED) is 0.932. The van der Waals surface area contributed by atoms with Crippen molar-refractivity contribution >= 4 is 5.91 Å². The normalized spacial score (nSPS) is 20.0. The molecule has 2 N–H and O–H groups in total. The predicted molar refractivity (Wildman–Crippen MR) is 76.0 cm³/mol. The fourth-order valence-electron chi connectivity index (χ4n) is 2.99. The van der Waals surface area contributed by atoms with Crippen LogP contribution in [0.2, 0.25) is 0 Å². The van der Waals surface area contributed by atoms with E-state index in [1.807, 2.05) is 7.05 Å². The number of methoxy groups -OCH3 is 1. The van der Waals surface area contributed by atoms with Crippen molar-refractivity contribution in [1.29, 1.82) is 0 Å². The second-order valence-electron chi connectivity index (χ2n) is 5.60. The van der Waals surface area contributed by atoms with Crippen LogP contribution < -0.4 is 10.5 Å². The number of alkyl halides is 3. The van der Waals surface area contributed by atoms with Gasteiger partial charge in [0.25, 0.3) is 0 Å². The molecule has 0 radical (unpaired) electrons. The number of hydrogen-bond donors (Lipinski definition) is 1. The van der Waals surface area contributed by atoms with E-state index in [9.17, 15) is 18.0 Å². The number of hydrogen-bond acceptors (Lipinski definition) is 3. The summed E-state index contributed by atoms with van der Waals surface area (Å²) >= 11 is 0. The summed E-state index contributed by atoms with van der Waals surface area (Å²) in [6.07, 6.45) is -2.87. The molecule has 0 aliphatic carbocycles. The number of piperidine rings is 1. The lowest BCUT2D eigenvalue weighted by atomic mass is 9.85. The minimum Gasteiger partial charge on any atom is -0.496 e. The lowest BCUT2D eigenvalue weighted by Gasteiger charge is -2.32. The monoisotopic (exact) mass is 316 g/mol. The van der Waals surface area contributed by atoms with Crippen LogP contribution in [0.15, 0.2) is 12.1 Å². The number of rotatable bonds is 3. The van der Waals surface area contributed by atoms with Gasteiger partial charge in [-0.25, -0.2) is 0 Å². The van der Waals surface area contributed by atoms with Crippen molar-refractivity contribution in [2.24, 2.45) is 5.73 Å². The first kappa shape index (κ1) is 16.6. The van der Waals surface area contributed by atoms with Gasteiger partial charge >= 0.3 is 6.18 Å². The smallest absolute Gasteiger partial charge is 0.416 e. The molecule has 1 aromatic carbocycles. The van der Waals surface area contributed by atoms with Crippen LogP contribution in [-0.4, -0.2) is 38.1 Å². The number of ether oxygens (including phenoxy) is 1. The van der Waals surface area contributed by atoms with Gasteiger partial charge in [0.15, 0.2) is 0 Å². The van der Waals surface area contributed by atoms with Crippen molar-refractivity contribution in [3.05, 3.63) is 28.8 Å². The lowest BCUT2D eigenvalue weighted by molar-refractivity contribution is -0.137. The molecular formula is C15H19F3N2O2. The molecule has 0 saturated carbocycles. The highest BCUT2D eigenvalue weighted by Crippen LogP contribution is 2.40. The number of likely N-dealkylation sites (tertiary alicyclic amines) is 1. The number of carbonyl (C=O) groups excluding carboxylic acids is 1. The van der Waals surface area contributed by atoms with Crippen molar-refractivity contribution in [1.82, 2.24) is 4.90 Å². The summed E-state index contributed by atoms with van der Waals surface area (Å²) < 4.78 is 44.0. The van der Waals surface area contributed by atoms with Crippen LogP contribution in [-0.2, 0) is 6.18 Å². The van der Waals surface area contributed by atoms with Gasteiger partial charge in [0.05, 0.1) is 12.7 Å². The number of primary amides is 1. The zero-order valence-corrected chi connectivity index (χ0v) is 12.5. The van der Waals surface area contributed by atoms with Gasteiger partial charge in [-0.3, -0.25) is 4.79 Å². The van der Waals surface area contributed by atoms with E-state index in [1.54, 1.807) is 0 Å². The van der Waals surface area contributed by atoms with Crippen LogP contribution in [0, 0.1) is 0 Å². The Labute approximate surface area is 127 Å². The Morgan fingerprint density at radius 2 is 2.09 bits per heavy atom. The summed E-state index contributed by atoms with van der Waals surface area (Å²) in [6, 6.07) is 1.77. The van der Waals surface area contributed by atoms with Crippen LogP contribution in [0.1, 0.15) is 40.2 Å². The Balaban J connectivity index is 2.58. The minimum absolute atomic E-state index is 0.0708. The maximum Gasteiger partial charge on any atom is 0.416 e. The molecule has 1 aliphatic heterocycles.